The van der Waals surface area contributed by atoms with Gasteiger partial charge in [0.05, 0.1) is 5.69 Å². The lowest BCUT2D eigenvalue weighted by atomic mass is 10.0. The minimum atomic E-state index is 0.591. The van der Waals surface area contributed by atoms with Crippen LogP contribution in [0.15, 0.2) is 205 Å². The number of hydrogen-bond donors (Lipinski definition) is 0. The minimum absolute atomic E-state index is 0.591. The molecule has 0 radical (unpaired) electrons. The van der Waals surface area contributed by atoms with Crippen molar-refractivity contribution in [1.29, 1.82) is 0 Å². The van der Waals surface area contributed by atoms with Gasteiger partial charge in [0, 0.05) is 39.4 Å². The highest BCUT2D eigenvalue weighted by atomic mass is 16.3. The van der Waals surface area contributed by atoms with E-state index in [1.54, 1.807) is 0 Å². The van der Waals surface area contributed by atoms with Crippen molar-refractivity contribution in [3.63, 3.8) is 0 Å². The Balaban J connectivity index is 1.27. The smallest absolute Gasteiger partial charge is 0.227 e. The van der Waals surface area contributed by atoms with E-state index in [4.69, 9.17) is 9.40 Å². The second-order valence-corrected chi connectivity index (χ2v) is 12.5. The zero-order valence-electron chi connectivity index (χ0n) is 27.8. The lowest BCUT2D eigenvalue weighted by molar-refractivity contribution is 0.620. The van der Waals surface area contributed by atoms with Crippen LogP contribution in [0, 0.1) is 0 Å². The van der Waals surface area contributed by atoms with E-state index in [0.29, 0.717) is 5.89 Å². The molecule has 9 rings (SSSR count). The molecule has 1 aromatic heterocycles. The highest BCUT2D eigenvalue weighted by Gasteiger charge is 2.24. The number of benzene rings is 8. The molecule has 0 aliphatic heterocycles. The van der Waals surface area contributed by atoms with Gasteiger partial charge in [0.1, 0.15) is 5.52 Å². The number of aromatic nitrogens is 1. The summed E-state index contributed by atoms with van der Waals surface area (Å²) in [6.45, 7) is 0. The van der Waals surface area contributed by atoms with Crippen LogP contribution < -0.4 is 9.80 Å². The van der Waals surface area contributed by atoms with Crippen molar-refractivity contribution in [2.75, 3.05) is 9.80 Å². The average Bonchev–Trinajstić information content (AvgIpc) is 3.64. The summed E-state index contributed by atoms with van der Waals surface area (Å²) in [5, 5.41) is 2.11. The molecule has 0 bridgehead atoms. The van der Waals surface area contributed by atoms with Crippen molar-refractivity contribution < 1.29 is 4.42 Å². The van der Waals surface area contributed by atoms with Crippen LogP contribution in [-0.2, 0) is 0 Å². The molecule has 51 heavy (non-hydrogen) atoms. The van der Waals surface area contributed by atoms with E-state index in [0.717, 1.165) is 61.6 Å². The first kappa shape index (κ1) is 30.2. The molecule has 9 aromatic rings. The largest absolute Gasteiger partial charge is 0.436 e. The fourth-order valence-electron chi connectivity index (χ4n) is 6.84. The van der Waals surface area contributed by atoms with Crippen molar-refractivity contribution in [1.82, 2.24) is 4.98 Å². The first-order valence-electron chi connectivity index (χ1n) is 17.1. The van der Waals surface area contributed by atoms with Crippen LogP contribution in [0.25, 0.3) is 44.5 Å². The highest BCUT2D eigenvalue weighted by molar-refractivity contribution is 6.12. The number of nitrogens with zero attached hydrogens (tertiary/aromatic N) is 3. The van der Waals surface area contributed by atoms with Crippen LogP contribution >= 0.6 is 0 Å². The molecule has 0 saturated heterocycles. The molecule has 1 heterocycles. The van der Waals surface area contributed by atoms with Gasteiger partial charge in [0.15, 0.2) is 5.58 Å². The highest BCUT2D eigenvalue weighted by Crippen LogP contribution is 2.46. The molecule has 0 aliphatic carbocycles. The van der Waals surface area contributed by atoms with Gasteiger partial charge in [-0.2, -0.15) is 0 Å². The van der Waals surface area contributed by atoms with E-state index in [-0.39, 0.29) is 0 Å². The summed E-state index contributed by atoms with van der Waals surface area (Å²) < 4.78 is 6.60. The standard InChI is InChI=1S/C47H33N3O/c1-6-16-34(17-7-1)35-26-28-41(29-27-35)49(38-20-10-3-11-21-38)42-30-31-43-37(32-42)33-44-45(48-47(51-44)36-18-8-2-9-19-36)46(43)50(39-22-12-4-13-23-39)40-24-14-5-15-25-40/h1-33H. The van der Waals surface area contributed by atoms with Crippen LogP contribution in [0.5, 0.6) is 0 Å². The number of para-hydroxylation sites is 3. The molecule has 0 atom stereocenters. The Kier molecular flexibility index (Phi) is 7.80. The van der Waals surface area contributed by atoms with Crippen LogP contribution in [0.2, 0.25) is 0 Å². The predicted octanol–water partition coefficient (Wildman–Crippen LogP) is 13.3. The van der Waals surface area contributed by atoms with Crippen molar-refractivity contribution in [2.24, 2.45) is 0 Å². The van der Waals surface area contributed by atoms with Crippen molar-refractivity contribution in [2.45, 2.75) is 0 Å². The van der Waals surface area contributed by atoms with Crippen LogP contribution in [0.3, 0.4) is 0 Å². The Morgan fingerprint density at radius 3 is 1.39 bits per heavy atom. The van der Waals surface area contributed by atoms with E-state index in [2.05, 4.69) is 161 Å². The van der Waals surface area contributed by atoms with Gasteiger partial charge < -0.3 is 14.2 Å². The van der Waals surface area contributed by atoms with Crippen LogP contribution in [0.1, 0.15) is 0 Å². The number of fused-ring (bicyclic) bond motifs is 2. The summed E-state index contributed by atoms with van der Waals surface area (Å²) in [5.74, 6) is 0.591. The second-order valence-electron chi connectivity index (χ2n) is 12.5. The van der Waals surface area contributed by atoms with E-state index in [1.165, 1.54) is 11.1 Å². The lowest BCUT2D eigenvalue weighted by Gasteiger charge is -2.28. The summed E-state index contributed by atoms with van der Waals surface area (Å²) >= 11 is 0. The topological polar surface area (TPSA) is 32.5 Å². The summed E-state index contributed by atoms with van der Waals surface area (Å²) in [5.41, 5.74) is 11.1. The van der Waals surface area contributed by atoms with Gasteiger partial charge in [0.25, 0.3) is 0 Å². The van der Waals surface area contributed by atoms with E-state index in [9.17, 15) is 0 Å². The Labute approximate surface area is 297 Å². The van der Waals surface area contributed by atoms with Crippen LogP contribution in [-0.4, -0.2) is 4.98 Å². The summed E-state index contributed by atoms with van der Waals surface area (Å²) in [4.78, 5) is 9.77. The molecule has 0 saturated carbocycles. The number of oxazole rings is 1. The Hall–Kier alpha value is -6.91. The van der Waals surface area contributed by atoms with Gasteiger partial charge in [-0.05, 0) is 95.4 Å². The molecular formula is C47H33N3O. The zero-order chi connectivity index (χ0) is 34.0. The van der Waals surface area contributed by atoms with Gasteiger partial charge in [0.2, 0.25) is 5.89 Å². The van der Waals surface area contributed by atoms with E-state index < -0.39 is 0 Å². The quantitative estimate of drug-likeness (QED) is 0.163. The molecule has 0 spiro atoms. The van der Waals surface area contributed by atoms with Crippen LogP contribution in [0.4, 0.5) is 34.1 Å². The fraction of sp³-hybridized carbons (Fsp3) is 0. The summed E-state index contributed by atoms with van der Waals surface area (Å²) in [6.07, 6.45) is 0. The number of anilines is 6. The van der Waals surface area contributed by atoms with Gasteiger partial charge >= 0.3 is 0 Å². The molecule has 0 unspecified atom stereocenters. The normalized spacial score (nSPS) is 11.1. The Morgan fingerprint density at radius 1 is 0.373 bits per heavy atom. The van der Waals surface area contributed by atoms with Gasteiger partial charge in [-0.1, -0.05) is 121 Å². The third-order valence-electron chi connectivity index (χ3n) is 9.23. The first-order chi connectivity index (χ1) is 25.3. The molecule has 4 heteroatoms. The van der Waals surface area contributed by atoms with Gasteiger partial charge in [-0.3, -0.25) is 0 Å². The Bertz CT molecular complexity index is 2510. The lowest BCUT2D eigenvalue weighted by Crippen LogP contribution is -2.12. The van der Waals surface area contributed by atoms with Crippen molar-refractivity contribution >= 4 is 56.0 Å². The average molecular weight is 656 g/mol. The van der Waals surface area contributed by atoms with Crippen molar-refractivity contribution in [3.05, 3.63) is 200 Å². The summed E-state index contributed by atoms with van der Waals surface area (Å²) in [6, 6.07) is 69.7. The Morgan fingerprint density at radius 2 is 0.824 bits per heavy atom. The molecule has 0 aliphatic rings. The van der Waals surface area contributed by atoms with E-state index >= 15 is 0 Å². The van der Waals surface area contributed by atoms with Crippen molar-refractivity contribution in [3.8, 4) is 22.6 Å². The molecule has 0 amide bonds. The summed E-state index contributed by atoms with van der Waals surface area (Å²) in [7, 11) is 0. The third kappa shape index (κ3) is 5.79. The monoisotopic (exact) mass is 655 g/mol. The van der Waals surface area contributed by atoms with E-state index in [1.807, 2.05) is 48.5 Å². The van der Waals surface area contributed by atoms with Gasteiger partial charge in [-0.25, -0.2) is 4.98 Å². The molecule has 8 aromatic carbocycles. The maximum Gasteiger partial charge on any atom is 0.227 e. The third-order valence-corrected chi connectivity index (χ3v) is 9.23. The second kappa shape index (κ2) is 13.2. The minimum Gasteiger partial charge on any atom is -0.436 e. The van der Waals surface area contributed by atoms with Gasteiger partial charge in [-0.15, -0.1) is 0 Å². The first-order valence-corrected chi connectivity index (χ1v) is 17.1. The molecule has 0 N–H and O–H groups in total. The predicted molar refractivity (Wildman–Crippen MR) is 212 cm³/mol. The molecule has 0 fully saturated rings. The molecule has 242 valence electrons. The zero-order valence-corrected chi connectivity index (χ0v) is 27.8. The number of rotatable bonds is 8. The maximum atomic E-state index is 6.60. The molecular weight excluding hydrogens is 623 g/mol. The fourth-order valence-corrected chi connectivity index (χ4v) is 6.84. The number of hydrogen-bond acceptors (Lipinski definition) is 4. The maximum absolute atomic E-state index is 6.60. The molecule has 4 nitrogen and oxygen atoms in total. The SMILES string of the molecule is c1ccc(-c2ccc(N(c3ccccc3)c3ccc4c(N(c5ccccc5)c5ccccc5)c5nc(-c6ccccc6)oc5cc4c3)cc2)cc1.